The number of hydrogen-bond donors (Lipinski definition) is 0. The van der Waals surface area contributed by atoms with Crippen molar-refractivity contribution in [2.45, 2.75) is 12.8 Å². The SMILES string of the molecule is COc1ccc(Cl)cc1N1C[C@H](C(=O)Oc2cccc(N3C(=O)[C@@H]4[C@H]5C=C[C@@H]([C@@H]6C[C@H]56)[C@@H]4C3=O)c2)CC1=O. The van der Waals surface area contributed by atoms with Gasteiger partial charge in [-0.05, 0) is 60.4 Å². The number of anilines is 2. The Morgan fingerprint density at radius 1 is 0.974 bits per heavy atom. The van der Waals surface area contributed by atoms with Crippen molar-refractivity contribution < 1.29 is 28.7 Å². The second-order valence-electron chi connectivity index (χ2n) is 10.8. The van der Waals surface area contributed by atoms with Gasteiger partial charge in [0, 0.05) is 24.1 Å². The number of nitrogens with zero attached hydrogens (tertiary/aromatic N) is 2. The predicted molar refractivity (Wildman–Crippen MR) is 138 cm³/mol. The van der Waals surface area contributed by atoms with Gasteiger partial charge in [0.1, 0.15) is 11.5 Å². The lowest BCUT2D eigenvalue weighted by Gasteiger charge is -2.37. The van der Waals surface area contributed by atoms with Gasteiger partial charge in [-0.25, -0.2) is 4.90 Å². The Hall–Kier alpha value is -3.65. The molecule has 7 atom stereocenters. The fraction of sp³-hybridized carbons (Fsp3) is 0.379. The maximum Gasteiger partial charge on any atom is 0.316 e. The first-order chi connectivity index (χ1) is 18.4. The van der Waals surface area contributed by atoms with E-state index in [0.717, 1.165) is 6.42 Å². The first kappa shape index (κ1) is 23.5. The molecule has 2 aromatic rings. The summed E-state index contributed by atoms with van der Waals surface area (Å²) in [4.78, 5) is 55.4. The lowest BCUT2D eigenvalue weighted by molar-refractivity contribution is -0.139. The van der Waals surface area contributed by atoms with Gasteiger partial charge in [-0.2, -0.15) is 0 Å². The topological polar surface area (TPSA) is 93.2 Å². The van der Waals surface area contributed by atoms with Gasteiger partial charge in [-0.15, -0.1) is 0 Å². The normalized spacial score (nSPS) is 32.5. The van der Waals surface area contributed by atoms with E-state index in [4.69, 9.17) is 21.1 Å². The highest BCUT2D eigenvalue weighted by Gasteiger charge is 2.67. The molecular formula is C29H25ClN2O6. The van der Waals surface area contributed by atoms with Crippen LogP contribution in [0.5, 0.6) is 11.5 Å². The molecule has 8 rings (SSSR count). The fourth-order valence-electron chi connectivity index (χ4n) is 7.07. The molecule has 4 fully saturated rings. The molecule has 3 amide bonds. The van der Waals surface area contributed by atoms with E-state index in [1.165, 1.54) is 16.9 Å². The molecule has 9 heteroatoms. The number of ether oxygens (including phenoxy) is 2. The maximum absolute atomic E-state index is 13.4. The van der Waals surface area contributed by atoms with Crippen LogP contribution in [0.15, 0.2) is 54.6 Å². The van der Waals surface area contributed by atoms with Gasteiger partial charge in [-0.1, -0.05) is 29.8 Å². The lowest BCUT2D eigenvalue weighted by atomic mass is 9.63. The Bertz CT molecular complexity index is 1400. The zero-order valence-electron chi connectivity index (χ0n) is 20.6. The second kappa shape index (κ2) is 8.43. The van der Waals surface area contributed by atoms with Crippen LogP contribution in [0.1, 0.15) is 12.8 Å². The van der Waals surface area contributed by atoms with Gasteiger partial charge in [0.05, 0.1) is 36.2 Å². The van der Waals surface area contributed by atoms with Crippen molar-refractivity contribution >= 4 is 46.7 Å². The number of methoxy groups -OCH3 is 1. The van der Waals surface area contributed by atoms with Crippen LogP contribution in [0, 0.1) is 41.4 Å². The molecule has 2 saturated heterocycles. The molecule has 2 heterocycles. The summed E-state index contributed by atoms with van der Waals surface area (Å²) < 4.78 is 11.0. The molecule has 0 unspecified atom stereocenters. The van der Waals surface area contributed by atoms with Gasteiger partial charge in [0.2, 0.25) is 17.7 Å². The molecule has 8 nitrogen and oxygen atoms in total. The molecule has 2 bridgehead atoms. The number of benzene rings is 2. The maximum atomic E-state index is 13.4. The summed E-state index contributed by atoms with van der Waals surface area (Å²) in [5.74, 6) is -0.402. The number of halogens is 1. The van der Waals surface area contributed by atoms with E-state index in [0.29, 0.717) is 34.0 Å². The average Bonchev–Trinajstić information content (AvgIpc) is 3.59. The molecule has 0 radical (unpaired) electrons. The highest BCUT2D eigenvalue weighted by Crippen LogP contribution is 2.65. The Morgan fingerprint density at radius 3 is 2.37 bits per heavy atom. The molecule has 2 saturated carbocycles. The van der Waals surface area contributed by atoms with Crippen LogP contribution in [0.4, 0.5) is 11.4 Å². The smallest absolute Gasteiger partial charge is 0.316 e. The Labute approximate surface area is 224 Å². The number of rotatable bonds is 5. The Balaban J connectivity index is 1.08. The third-order valence-electron chi connectivity index (χ3n) is 8.85. The van der Waals surface area contributed by atoms with E-state index in [1.54, 1.807) is 42.5 Å². The number of amides is 3. The second-order valence-corrected chi connectivity index (χ2v) is 11.2. The average molecular weight is 533 g/mol. The minimum atomic E-state index is -0.693. The van der Waals surface area contributed by atoms with Gasteiger partial charge >= 0.3 is 5.97 Å². The van der Waals surface area contributed by atoms with Crippen molar-refractivity contribution in [2.24, 2.45) is 41.4 Å². The quantitative estimate of drug-likeness (QED) is 0.251. The van der Waals surface area contributed by atoms with Crippen molar-refractivity contribution in [3.63, 3.8) is 0 Å². The first-order valence-corrected chi connectivity index (χ1v) is 13.3. The van der Waals surface area contributed by atoms with Crippen molar-refractivity contribution in [1.29, 1.82) is 0 Å². The summed E-state index contributed by atoms with van der Waals surface area (Å²) >= 11 is 6.12. The van der Waals surface area contributed by atoms with Crippen molar-refractivity contribution in [3.8, 4) is 11.5 Å². The van der Waals surface area contributed by atoms with Crippen LogP contribution in [0.25, 0.3) is 0 Å². The third-order valence-corrected chi connectivity index (χ3v) is 9.08. The van der Waals surface area contributed by atoms with Gasteiger partial charge in [0.25, 0.3) is 0 Å². The van der Waals surface area contributed by atoms with E-state index in [1.807, 2.05) is 0 Å². The molecular weight excluding hydrogens is 508 g/mol. The summed E-state index contributed by atoms with van der Waals surface area (Å²) in [7, 11) is 1.50. The van der Waals surface area contributed by atoms with Crippen LogP contribution in [0.3, 0.4) is 0 Å². The van der Waals surface area contributed by atoms with Crippen LogP contribution >= 0.6 is 11.6 Å². The Morgan fingerprint density at radius 2 is 1.68 bits per heavy atom. The number of hydrogen-bond acceptors (Lipinski definition) is 6. The zero-order chi connectivity index (χ0) is 26.3. The number of carbonyl (C=O) groups excluding carboxylic acids is 4. The van der Waals surface area contributed by atoms with E-state index < -0.39 is 11.9 Å². The van der Waals surface area contributed by atoms with Crippen LogP contribution in [0.2, 0.25) is 5.02 Å². The molecule has 6 aliphatic rings. The molecule has 38 heavy (non-hydrogen) atoms. The van der Waals surface area contributed by atoms with E-state index in [2.05, 4.69) is 12.2 Å². The molecule has 0 aromatic heterocycles. The summed E-state index contributed by atoms with van der Waals surface area (Å²) in [6.45, 7) is 0.124. The lowest BCUT2D eigenvalue weighted by Crippen LogP contribution is -2.40. The van der Waals surface area contributed by atoms with Crippen molar-refractivity contribution in [1.82, 2.24) is 0 Å². The van der Waals surface area contributed by atoms with Crippen LogP contribution < -0.4 is 19.3 Å². The first-order valence-electron chi connectivity index (χ1n) is 12.9. The standard InChI is InChI=1S/C29H25ClN2O6/c1-37-23-8-5-15(30)10-22(23)31-13-14(9-24(31)33)29(36)38-17-4-2-3-16(11-17)32-27(34)25-18-6-7-19(21-12-20(18)21)26(25)28(32)35/h2-8,10-11,14,18-21,25-26H,9,12-13H2,1H3/t14-,18+,19+,20-,21+,25-,26+/m1/s1. The molecule has 194 valence electrons. The fourth-order valence-corrected chi connectivity index (χ4v) is 7.24. The van der Waals surface area contributed by atoms with E-state index in [-0.39, 0.29) is 60.1 Å². The molecule has 2 aromatic carbocycles. The molecule has 2 aliphatic heterocycles. The summed E-state index contributed by atoms with van der Waals surface area (Å²) in [6, 6.07) is 11.5. The number of carbonyl (C=O) groups is 4. The highest BCUT2D eigenvalue weighted by atomic mass is 35.5. The monoisotopic (exact) mass is 532 g/mol. The summed E-state index contributed by atoms with van der Waals surface area (Å²) in [5.41, 5.74) is 0.900. The van der Waals surface area contributed by atoms with Gasteiger partial charge < -0.3 is 14.4 Å². The third kappa shape index (κ3) is 3.42. The zero-order valence-corrected chi connectivity index (χ0v) is 21.3. The molecule has 0 N–H and O–H groups in total. The van der Waals surface area contributed by atoms with Crippen LogP contribution in [-0.4, -0.2) is 37.3 Å². The summed E-state index contributed by atoms with van der Waals surface area (Å²) in [5, 5.41) is 0.447. The molecule has 0 spiro atoms. The van der Waals surface area contributed by atoms with E-state index >= 15 is 0 Å². The predicted octanol–water partition coefficient (Wildman–Crippen LogP) is 3.86. The number of imide groups is 1. The minimum absolute atomic E-state index is 0.0151. The Kier molecular flexibility index (Phi) is 5.20. The van der Waals surface area contributed by atoms with Crippen molar-refractivity contribution in [3.05, 3.63) is 59.6 Å². The van der Waals surface area contributed by atoms with Gasteiger partial charge in [0.15, 0.2) is 0 Å². The van der Waals surface area contributed by atoms with E-state index in [9.17, 15) is 19.2 Å². The van der Waals surface area contributed by atoms with Gasteiger partial charge in [-0.3, -0.25) is 19.2 Å². The van der Waals surface area contributed by atoms with Crippen LogP contribution in [-0.2, 0) is 19.2 Å². The number of allylic oxidation sites excluding steroid dienone is 2. The largest absolute Gasteiger partial charge is 0.495 e. The molecule has 4 aliphatic carbocycles. The summed E-state index contributed by atoms with van der Waals surface area (Å²) in [6.07, 6.45) is 5.36. The number of esters is 1. The minimum Gasteiger partial charge on any atom is -0.495 e. The van der Waals surface area contributed by atoms with Crippen molar-refractivity contribution in [2.75, 3.05) is 23.5 Å². The highest BCUT2D eigenvalue weighted by molar-refractivity contribution is 6.31.